The van der Waals surface area contributed by atoms with Crippen molar-refractivity contribution in [2.75, 3.05) is 7.05 Å². The largest absolute Gasteiger partial charge is 0.481 e. The van der Waals surface area contributed by atoms with Gasteiger partial charge in [0.2, 0.25) is 5.91 Å². The first kappa shape index (κ1) is 15.5. The first-order valence-corrected chi connectivity index (χ1v) is 7.11. The molecule has 1 N–H and O–H groups in total. The Morgan fingerprint density at radius 2 is 1.90 bits per heavy atom. The van der Waals surface area contributed by atoms with Crippen LogP contribution in [-0.2, 0) is 16.1 Å². The molecule has 1 fully saturated rings. The normalized spacial score (nSPS) is 24.8. The monoisotopic (exact) mass is 293 g/mol. The molecule has 1 aromatic carbocycles. The minimum atomic E-state index is -0.919. The molecule has 21 heavy (non-hydrogen) atoms. The zero-order valence-corrected chi connectivity index (χ0v) is 12.3. The molecule has 0 aliphatic heterocycles. The summed E-state index contributed by atoms with van der Waals surface area (Å²) in [6.07, 6.45) is 1.11. The maximum absolute atomic E-state index is 13.6. The standard InChI is InChI=1S/C16H20FNO3/c1-10-7-12(13(8-10)16(20)21)15(19)18(2)9-11-5-3-4-6-14(11)17/h3-6,10,12-13H,7-9H2,1-2H3,(H,20,21)/t10?,12-,13+/m0/s1. The maximum atomic E-state index is 13.6. The van der Waals surface area contributed by atoms with Gasteiger partial charge in [0.05, 0.1) is 11.8 Å². The molecule has 1 aliphatic carbocycles. The lowest BCUT2D eigenvalue weighted by molar-refractivity contribution is -0.148. The van der Waals surface area contributed by atoms with Gasteiger partial charge in [-0.15, -0.1) is 0 Å². The summed E-state index contributed by atoms with van der Waals surface area (Å²) in [7, 11) is 1.59. The summed E-state index contributed by atoms with van der Waals surface area (Å²) >= 11 is 0. The van der Waals surface area contributed by atoms with Gasteiger partial charge in [-0.2, -0.15) is 0 Å². The van der Waals surface area contributed by atoms with Crippen LogP contribution in [0.25, 0.3) is 0 Å². The van der Waals surface area contributed by atoms with E-state index in [1.807, 2.05) is 6.92 Å². The number of benzene rings is 1. The summed E-state index contributed by atoms with van der Waals surface area (Å²) in [6.45, 7) is 2.11. The Morgan fingerprint density at radius 3 is 2.52 bits per heavy atom. The number of amides is 1. The molecule has 1 saturated carbocycles. The van der Waals surface area contributed by atoms with E-state index in [1.165, 1.54) is 11.0 Å². The lowest BCUT2D eigenvalue weighted by Crippen LogP contribution is -2.36. The fourth-order valence-corrected chi connectivity index (χ4v) is 3.08. The Morgan fingerprint density at radius 1 is 1.29 bits per heavy atom. The summed E-state index contributed by atoms with van der Waals surface area (Å²) in [5.41, 5.74) is 0.436. The van der Waals surface area contributed by atoms with Crippen LogP contribution in [0.1, 0.15) is 25.3 Å². The first-order valence-electron chi connectivity index (χ1n) is 7.11. The molecule has 1 aromatic rings. The molecule has 0 radical (unpaired) electrons. The molecule has 0 saturated heterocycles. The summed E-state index contributed by atoms with van der Waals surface area (Å²) in [5, 5.41) is 9.24. The van der Waals surface area contributed by atoms with Crippen LogP contribution in [-0.4, -0.2) is 28.9 Å². The molecule has 0 heterocycles. The van der Waals surface area contributed by atoms with Crippen LogP contribution in [0.2, 0.25) is 0 Å². The van der Waals surface area contributed by atoms with Crippen molar-refractivity contribution in [1.82, 2.24) is 4.90 Å². The third-order valence-corrected chi connectivity index (χ3v) is 4.17. The van der Waals surface area contributed by atoms with E-state index in [0.717, 1.165) is 0 Å². The van der Waals surface area contributed by atoms with Crippen LogP contribution >= 0.6 is 0 Å². The highest BCUT2D eigenvalue weighted by molar-refractivity contribution is 5.85. The van der Waals surface area contributed by atoms with Crippen LogP contribution in [0, 0.1) is 23.6 Å². The molecule has 114 valence electrons. The highest BCUT2D eigenvalue weighted by Gasteiger charge is 2.42. The number of nitrogens with zero attached hydrogens (tertiary/aromatic N) is 1. The summed E-state index contributed by atoms with van der Waals surface area (Å²) in [5.74, 6) is -2.40. The molecular formula is C16H20FNO3. The van der Waals surface area contributed by atoms with Crippen molar-refractivity contribution in [2.45, 2.75) is 26.3 Å². The van der Waals surface area contributed by atoms with E-state index in [0.29, 0.717) is 18.4 Å². The van der Waals surface area contributed by atoms with Crippen LogP contribution < -0.4 is 0 Å². The van der Waals surface area contributed by atoms with Crippen LogP contribution in [0.15, 0.2) is 24.3 Å². The molecule has 1 unspecified atom stereocenters. The number of carboxylic acid groups (broad SMARTS) is 1. The Hall–Kier alpha value is -1.91. The van der Waals surface area contributed by atoms with Crippen molar-refractivity contribution < 1.29 is 19.1 Å². The predicted octanol–water partition coefficient (Wildman–Crippen LogP) is 2.53. The molecule has 4 nitrogen and oxygen atoms in total. The van der Waals surface area contributed by atoms with Crippen molar-refractivity contribution in [3.63, 3.8) is 0 Å². The number of carbonyl (C=O) groups is 2. The molecule has 2 rings (SSSR count). The molecule has 0 spiro atoms. The predicted molar refractivity (Wildman–Crippen MR) is 75.9 cm³/mol. The highest BCUT2D eigenvalue weighted by Crippen LogP contribution is 2.37. The van der Waals surface area contributed by atoms with E-state index in [-0.39, 0.29) is 24.2 Å². The van der Waals surface area contributed by atoms with Crippen molar-refractivity contribution >= 4 is 11.9 Å². The van der Waals surface area contributed by atoms with E-state index in [1.54, 1.807) is 25.2 Å². The topological polar surface area (TPSA) is 57.6 Å². The fraction of sp³-hybridized carbons (Fsp3) is 0.500. The van der Waals surface area contributed by atoms with Gasteiger partial charge in [-0.3, -0.25) is 9.59 Å². The van der Waals surface area contributed by atoms with Gasteiger partial charge >= 0.3 is 5.97 Å². The molecule has 0 bridgehead atoms. The average Bonchev–Trinajstić information content (AvgIpc) is 2.82. The molecule has 1 amide bonds. The van der Waals surface area contributed by atoms with Crippen LogP contribution in [0.3, 0.4) is 0 Å². The summed E-state index contributed by atoms with van der Waals surface area (Å²) in [4.78, 5) is 25.2. The van der Waals surface area contributed by atoms with E-state index in [9.17, 15) is 19.1 Å². The fourth-order valence-electron chi connectivity index (χ4n) is 3.08. The van der Waals surface area contributed by atoms with Crippen molar-refractivity contribution in [2.24, 2.45) is 17.8 Å². The van der Waals surface area contributed by atoms with E-state index in [4.69, 9.17) is 0 Å². The second-order valence-electron chi connectivity index (χ2n) is 5.91. The number of carboxylic acids is 1. The van der Waals surface area contributed by atoms with Gasteiger partial charge in [-0.05, 0) is 24.8 Å². The number of aliphatic carboxylic acids is 1. The Balaban J connectivity index is 2.08. The van der Waals surface area contributed by atoms with Gasteiger partial charge in [-0.25, -0.2) is 4.39 Å². The van der Waals surface area contributed by atoms with Crippen LogP contribution in [0.4, 0.5) is 4.39 Å². The zero-order chi connectivity index (χ0) is 15.6. The SMILES string of the molecule is CC1C[C@H](C(=O)N(C)Cc2ccccc2F)[C@H](C(=O)O)C1. The van der Waals surface area contributed by atoms with Crippen LogP contribution in [0.5, 0.6) is 0 Å². The zero-order valence-electron chi connectivity index (χ0n) is 12.3. The second kappa shape index (κ2) is 6.24. The van der Waals surface area contributed by atoms with E-state index < -0.39 is 17.8 Å². The number of halogens is 1. The Bertz CT molecular complexity index is 546. The molecule has 0 aromatic heterocycles. The smallest absolute Gasteiger partial charge is 0.307 e. The lowest BCUT2D eigenvalue weighted by atomic mass is 9.94. The average molecular weight is 293 g/mol. The van der Waals surface area contributed by atoms with Crippen molar-refractivity contribution in [1.29, 1.82) is 0 Å². The summed E-state index contributed by atoms with van der Waals surface area (Å²) < 4.78 is 13.6. The summed E-state index contributed by atoms with van der Waals surface area (Å²) in [6, 6.07) is 6.30. The van der Waals surface area contributed by atoms with Gasteiger partial charge in [-0.1, -0.05) is 25.1 Å². The molecular weight excluding hydrogens is 273 g/mol. The number of rotatable bonds is 4. The lowest BCUT2D eigenvalue weighted by Gasteiger charge is -2.23. The number of hydrogen-bond donors (Lipinski definition) is 1. The quantitative estimate of drug-likeness (QED) is 0.928. The third-order valence-electron chi connectivity index (χ3n) is 4.17. The minimum absolute atomic E-state index is 0.155. The van der Waals surface area contributed by atoms with Gasteiger partial charge in [0, 0.05) is 19.2 Å². The maximum Gasteiger partial charge on any atom is 0.307 e. The molecule has 5 heteroatoms. The second-order valence-corrected chi connectivity index (χ2v) is 5.91. The van der Waals surface area contributed by atoms with Crippen molar-refractivity contribution in [3.05, 3.63) is 35.6 Å². The van der Waals surface area contributed by atoms with Gasteiger partial charge in [0.15, 0.2) is 0 Å². The van der Waals surface area contributed by atoms with Gasteiger partial charge in [0.25, 0.3) is 0 Å². The third kappa shape index (κ3) is 3.40. The molecule has 1 aliphatic rings. The Labute approximate surface area is 123 Å². The molecule has 3 atom stereocenters. The highest BCUT2D eigenvalue weighted by atomic mass is 19.1. The van der Waals surface area contributed by atoms with Gasteiger partial charge < -0.3 is 10.0 Å². The van der Waals surface area contributed by atoms with E-state index >= 15 is 0 Å². The Kier molecular flexibility index (Phi) is 4.60. The van der Waals surface area contributed by atoms with Gasteiger partial charge in [0.1, 0.15) is 5.82 Å². The minimum Gasteiger partial charge on any atom is -0.481 e. The number of hydrogen-bond acceptors (Lipinski definition) is 2. The first-order chi connectivity index (χ1) is 9.90. The number of carbonyl (C=O) groups excluding carboxylic acids is 1. The van der Waals surface area contributed by atoms with E-state index in [2.05, 4.69) is 0 Å². The van der Waals surface area contributed by atoms with Crippen molar-refractivity contribution in [3.8, 4) is 0 Å².